The second-order valence-corrected chi connectivity index (χ2v) is 7.26. The lowest BCUT2D eigenvalue weighted by Gasteiger charge is -2.31. The summed E-state index contributed by atoms with van der Waals surface area (Å²) in [6.07, 6.45) is 5.31. The number of morpholine rings is 1. The standard InChI is InChI=1S/C18H26N4O3/c23-17-11-14-3-1-5-16(14)19-22(17)12-15-4-2-6-20(15)7-8-21-9-10-25-13-18(21)24/h11,15H,1-10,12-13H2. The van der Waals surface area contributed by atoms with Crippen molar-refractivity contribution in [3.63, 3.8) is 0 Å². The van der Waals surface area contributed by atoms with Gasteiger partial charge in [0.15, 0.2) is 0 Å². The van der Waals surface area contributed by atoms with Crippen LogP contribution < -0.4 is 5.56 Å². The van der Waals surface area contributed by atoms with E-state index in [2.05, 4.69) is 10.00 Å². The van der Waals surface area contributed by atoms with E-state index >= 15 is 0 Å². The summed E-state index contributed by atoms with van der Waals surface area (Å²) in [5.41, 5.74) is 2.26. The fraction of sp³-hybridized carbons (Fsp3) is 0.722. The first-order valence-electron chi connectivity index (χ1n) is 9.40. The smallest absolute Gasteiger partial charge is 0.267 e. The lowest BCUT2D eigenvalue weighted by Crippen LogP contribution is -2.47. The van der Waals surface area contributed by atoms with Gasteiger partial charge in [-0.2, -0.15) is 5.10 Å². The Balaban J connectivity index is 1.38. The molecule has 7 nitrogen and oxygen atoms in total. The molecule has 0 spiro atoms. The first kappa shape index (κ1) is 16.7. The highest BCUT2D eigenvalue weighted by molar-refractivity contribution is 5.77. The van der Waals surface area contributed by atoms with E-state index in [1.807, 2.05) is 4.90 Å². The Morgan fingerprint density at radius 2 is 2.08 bits per heavy atom. The molecular weight excluding hydrogens is 320 g/mol. The molecule has 3 heterocycles. The number of carbonyl (C=O) groups excluding carboxylic acids is 1. The largest absolute Gasteiger partial charge is 0.370 e. The molecule has 0 bridgehead atoms. The zero-order chi connectivity index (χ0) is 17.2. The zero-order valence-corrected chi connectivity index (χ0v) is 14.7. The van der Waals surface area contributed by atoms with Crippen LogP contribution in [0.1, 0.15) is 30.5 Å². The molecule has 0 N–H and O–H groups in total. The molecule has 2 fully saturated rings. The van der Waals surface area contributed by atoms with Crippen LogP contribution in [0.5, 0.6) is 0 Å². The summed E-state index contributed by atoms with van der Waals surface area (Å²) in [5.74, 6) is 0.0819. The van der Waals surface area contributed by atoms with Crippen LogP contribution in [0.25, 0.3) is 0 Å². The van der Waals surface area contributed by atoms with Crippen LogP contribution in [0.15, 0.2) is 10.9 Å². The number of carbonyl (C=O) groups is 1. The maximum absolute atomic E-state index is 12.3. The third-order valence-electron chi connectivity index (χ3n) is 5.65. The number of ether oxygens (including phenoxy) is 1. The molecule has 1 amide bonds. The third kappa shape index (κ3) is 3.62. The molecular formula is C18H26N4O3. The number of likely N-dealkylation sites (tertiary alicyclic amines) is 1. The maximum atomic E-state index is 12.3. The van der Waals surface area contributed by atoms with Gasteiger partial charge in [-0.1, -0.05) is 0 Å². The van der Waals surface area contributed by atoms with Crippen LogP contribution in [-0.2, 0) is 28.9 Å². The van der Waals surface area contributed by atoms with E-state index in [9.17, 15) is 9.59 Å². The quantitative estimate of drug-likeness (QED) is 0.754. The Labute approximate surface area is 147 Å². The van der Waals surface area contributed by atoms with Crippen LogP contribution in [0.2, 0.25) is 0 Å². The van der Waals surface area contributed by atoms with Crippen molar-refractivity contribution in [3.05, 3.63) is 27.7 Å². The zero-order valence-electron chi connectivity index (χ0n) is 14.7. The SMILES string of the molecule is O=C1COCCN1CCN1CCCC1Cn1nc2c(cc1=O)CCC2. The molecule has 136 valence electrons. The molecule has 3 aliphatic rings. The number of nitrogens with zero attached hydrogens (tertiary/aromatic N) is 4. The Morgan fingerprint density at radius 3 is 2.96 bits per heavy atom. The molecule has 1 aliphatic carbocycles. The summed E-state index contributed by atoms with van der Waals surface area (Å²) >= 11 is 0. The number of aromatic nitrogens is 2. The van der Waals surface area contributed by atoms with Crippen LogP contribution in [0, 0.1) is 0 Å². The molecule has 1 atom stereocenters. The number of rotatable bonds is 5. The van der Waals surface area contributed by atoms with Crippen LogP contribution in [0.3, 0.4) is 0 Å². The topological polar surface area (TPSA) is 67.7 Å². The molecule has 0 saturated carbocycles. The van der Waals surface area contributed by atoms with Gasteiger partial charge < -0.3 is 9.64 Å². The monoisotopic (exact) mass is 346 g/mol. The van der Waals surface area contributed by atoms with Crippen LogP contribution in [-0.4, -0.2) is 70.9 Å². The normalized spacial score (nSPS) is 24.1. The van der Waals surface area contributed by atoms with Gasteiger partial charge in [0.05, 0.1) is 18.8 Å². The highest BCUT2D eigenvalue weighted by Gasteiger charge is 2.27. The summed E-state index contributed by atoms with van der Waals surface area (Å²) in [6.45, 7) is 4.80. The molecule has 0 aromatic carbocycles. The minimum atomic E-state index is 0.0239. The maximum Gasteiger partial charge on any atom is 0.267 e. The van der Waals surface area contributed by atoms with E-state index in [4.69, 9.17) is 4.74 Å². The van der Waals surface area contributed by atoms with E-state index in [0.29, 0.717) is 25.7 Å². The molecule has 0 radical (unpaired) electrons. The third-order valence-corrected chi connectivity index (χ3v) is 5.65. The van der Waals surface area contributed by atoms with Crippen molar-refractivity contribution in [2.45, 2.75) is 44.7 Å². The molecule has 2 aliphatic heterocycles. The number of hydrogen-bond donors (Lipinski definition) is 0. The van der Waals surface area contributed by atoms with Gasteiger partial charge in [-0.05, 0) is 44.2 Å². The second kappa shape index (κ2) is 7.25. The molecule has 7 heteroatoms. The first-order valence-corrected chi connectivity index (χ1v) is 9.40. The van der Waals surface area contributed by atoms with Gasteiger partial charge in [0, 0.05) is 31.7 Å². The average Bonchev–Trinajstić information content (AvgIpc) is 3.23. The fourth-order valence-corrected chi connectivity index (χ4v) is 4.20. The van der Waals surface area contributed by atoms with Crippen LogP contribution in [0.4, 0.5) is 0 Å². The van der Waals surface area contributed by atoms with E-state index in [0.717, 1.165) is 63.0 Å². The van der Waals surface area contributed by atoms with Crippen molar-refractivity contribution >= 4 is 5.91 Å². The second-order valence-electron chi connectivity index (χ2n) is 7.26. The van der Waals surface area contributed by atoms with Crippen molar-refractivity contribution in [1.82, 2.24) is 19.6 Å². The Hall–Kier alpha value is -1.73. The van der Waals surface area contributed by atoms with Gasteiger partial charge in [-0.3, -0.25) is 14.5 Å². The van der Waals surface area contributed by atoms with Gasteiger partial charge in [0.25, 0.3) is 5.56 Å². The summed E-state index contributed by atoms with van der Waals surface area (Å²) in [7, 11) is 0. The van der Waals surface area contributed by atoms with Gasteiger partial charge in [0.2, 0.25) is 5.91 Å². The minimum Gasteiger partial charge on any atom is -0.370 e. The highest BCUT2D eigenvalue weighted by Crippen LogP contribution is 2.20. The summed E-state index contributed by atoms with van der Waals surface area (Å²) in [4.78, 5) is 28.5. The first-order chi connectivity index (χ1) is 12.2. The van der Waals surface area contributed by atoms with Crippen molar-refractivity contribution in [2.75, 3.05) is 39.4 Å². The average molecular weight is 346 g/mol. The van der Waals surface area contributed by atoms with E-state index in [1.165, 1.54) is 0 Å². The lowest BCUT2D eigenvalue weighted by molar-refractivity contribution is -0.142. The van der Waals surface area contributed by atoms with Crippen molar-refractivity contribution in [1.29, 1.82) is 0 Å². The van der Waals surface area contributed by atoms with E-state index in [-0.39, 0.29) is 18.1 Å². The number of aryl methyl sites for hydroxylation is 2. The lowest BCUT2D eigenvalue weighted by atomic mass is 10.2. The molecule has 4 rings (SSSR count). The predicted molar refractivity (Wildman–Crippen MR) is 92.5 cm³/mol. The van der Waals surface area contributed by atoms with Crippen molar-refractivity contribution in [3.8, 4) is 0 Å². The number of amides is 1. The molecule has 2 saturated heterocycles. The summed E-state index contributed by atoms with van der Waals surface area (Å²) in [5, 5.41) is 4.61. The van der Waals surface area contributed by atoms with E-state index in [1.54, 1.807) is 10.7 Å². The van der Waals surface area contributed by atoms with Gasteiger partial charge in [0.1, 0.15) is 6.61 Å². The fourth-order valence-electron chi connectivity index (χ4n) is 4.20. The molecule has 1 unspecified atom stereocenters. The van der Waals surface area contributed by atoms with E-state index < -0.39 is 0 Å². The number of hydrogen-bond acceptors (Lipinski definition) is 5. The minimum absolute atomic E-state index is 0.0239. The van der Waals surface area contributed by atoms with Crippen LogP contribution >= 0.6 is 0 Å². The molecule has 1 aromatic heterocycles. The molecule has 1 aromatic rings. The highest BCUT2D eigenvalue weighted by atomic mass is 16.5. The predicted octanol–water partition coefficient (Wildman–Crippen LogP) is 0.0552. The number of fused-ring (bicyclic) bond motifs is 1. The Kier molecular flexibility index (Phi) is 4.85. The Bertz CT molecular complexity index is 702. The summed E-state index contributed by atoms with van der Waals surface area (Å²) in [6, 6.07) is 2.11. The summed E-state index contributed by atoms with van der Waals surface area (Å²) < 4.78 is 6.84. The van der Waals surface area contributed by atoms with Gasteiger partial charge >= 0.3 is 0 Å². The molecule has 25 heavy (non-hydrogen) atoms. The Morgan fingerprint density at radius 1 is 1.16 bits per heavy atom. The van der Waals surface area contributed by atoms with Crippen molar-refractivity contribution < 1.29 is 9.53 Å². The van der Waals surface area contributed by atoms with Gasteiger partial charge in [-0.15, -0.1) is 0 Å². The van der Waals surface area contributed by atoms with Gasteiger partial charge in [-0.25, -0.2) is 4.68 Å². The van der Waals surface area contributed by atoms with Crippen molar-refractivity contribution in [2.24, 2.45) is 0 Å².